The number of aliphatic hydroxyl groups is 1. The van der Waals surface area contributed by atoms with Gasteiger partial charge in [0.1, 0.15) is 122 Å². The van der Waals surface area contributed by atoms with E-state index in [1.165, 1.54) is 45.5 Å². The van der Waals surface area contributed by atoms with Crippen molar-refractivity contribution in [3.63, 3.8) is 0 Å². The van der Waals surface area contributed by atoms with Gasteiger partial charge >= 0.3 is 50.9 Å². The first-order valence-corrected chi connectivity index (χ1v) is 37.6. The number of hydrogen-bond donors (Lipinski definition) is 12. The summed E-state index contributed by atoms with van der Waals surface area (Å²) in [4.78, 5) is 146. The number of hydrogen-bond acceptors (Lipinski definition) is 37. The Hall–Kier alpha value is -7.57. The quantitative estimate of drug-likeness (QED) is 0.0254. The highest BCUT2D eigenvalue weighted by Crippen LogP contribution is 2.55. The summed E-state index contributed by atoms with van der Waals surface area (Å²) in [7, 11) is -24.9. The van der Waals surface area contributed by atoms with E-state index in [4.69, 9.17) is 87.3 Å². The normalized spacial score (nSPS) is 29.2. The van der Waals surface area contributed by atoms with Gasteiger partial charge < -0.3 is 71.3 Å². The summed E-state index contributed by atoms with van der Waals surface area (Å²) in [5.74, 6) is -0.507. The van der Waals surface area contributed by atoms with Gasteiger partial charge in [0.25, 0.3) is 11.1 Å². The maximum absolute atomic E-state index is 14.3. The Bertz CT molecular complexity index is 4980. The average Bonchev–Trinajstić information content (AvgIpc) is 1.64. The molecule has 5 fully saturated rings. The zero-order valence-electron chi connectivity index (χ0n) is 52.7. The van der Waals surface area contributed by atoms with Gasteiger partial charge in [0.15, 0.2) is 34.1 Å². The number of aromatic amines is 2. The van der Waals surface area contributed by atoms with Gasteiger partial charge in [0.05, 0.1) is 51.5 Å². The molecular formula is C49H62N20O29P5+. The monoisotopic (exact) mass is 1550 g/mol. The Labute approximate surface area is 573 Å². The van der Waals surface area contributed by atoms with E-state index in [0.717, 1.165) is 34.3 Å². The third kappa shape index (κ3) is 16.5. The number of phosphoric acid groups is 4. The lowest BCUT2D eigenvalue weighted by Crippen LogP contribution is -2.33. The molecule has 8 aromatic heterocycles. The van der Waals surface area contributed by atoms with Crippen molar-refractivity contribution < 1.29 is 117 Å². The molecule has 20 atom stereocenters. The molecule has 0 spiro atoms. The van der Waals surface area contributed by atoms with Crippen LogP contribution >= 0.6 is 39.5 Å². The zero-order valence-corrected chi connectivity index (χ0v) is 57.2. The highest BCUT2D eigenvalue weighted by atomic mass is 31.2. The molecule has 16 N–H and O–H groups in total. The first-order valence-electron chi connectivity index (χ1n) is 30.4. The number of aromatic nitrogens is 16. The minimum atomic E-state index is -5.52. The number of imidazole rings is 3. The number of rotatable bonds is 28. The summed E-state index contributed by atoms with van der Waals surface area (Å²) in [6.07, 6.45) is -15.1. The van der Waals surface area contributed by atoms with Crippen LogP contribution in [0.2, 0.25) is 0 Å². The van der Waals surface area contributed by atoms with E-state index in [9.17, 15) is 71.6 Å². The second-order valence-electron chi connectivity index (χ2n) is 23.5. The standard InChI is InChI=1S/C49H61N20O29P5/c1-20-9-66(49(74)64-45(20)71)33-5-22(27(91-33)10-85-99(75)76)95-101(79,80)87-12-29-24(7-35(93-29)68-18-59-38-41(52)55-16-57-43(38)68)97-102(81,82)89-14-30-25(8-36(94-30)69-19-60-39-44(69)62-47(53)63-46(39)72)98-103(83,84)88-13-28-23(6-34(92-28)67-17-58-37-40(51)54-15-56-42(37)67)96-100(77,78)86-11-26-21(70)4-32(90-26)65-3-2-31(50)61-48(65)73/h2-3,9,15-19,21-30,32-36,70H,4-8,10-14H2,1H3,(H14-,50,51,52,53,54,55,56,57,61,62,63,64,71,72,73,74,75,76,77,78,79,80,81,82,83,84)/p+1/t21-,22-,23-,24-,25-,26+,27+,28+,29+,30+,32+,33+,34+,35+,36+/m0/s1. The number of anilines is 4. The molecule has 0 amide bonds. The predicted octanol–water partition coefficient (Wildman–Crippen LogP) is -1.28. The number of aryl methyl sites for hydroxylation is 1. The molecule has 0 aliphatic carbocycles. The number of fused-ring (bicyclic) bond motifs is 3. The molecule has 54 heteroatoms. The van der Waals surface area contributed by atoms with Crippen molar-refractivity contribution in [3.05, 3.63) is 97.3 Å². The largest absolute Gasteiger partial charge is 0.694 e. The van der Waals surface area contributed by atoms with Crippen molar-refractivity contribution in [1.82, 2.24) is 77.7 Å². The molecule has 49 nitrogen and oxygen atoms in total. The number of ether oxygens (including phenoxy) is 5. The fourth-order valence-corrected chi connectivity index (χ4v) is 16.1. The van der Waals surface area contributed by atoms with Crippen LogP contribution in [-0.4, -0.2) is 201 Å². The van der Waals surface area contributed by atoms with Crippen LogP contribution in [0.25, 0.3) is 33.5 Å². The van der Waals surface area contributed by atoms with Gasteiger partial charge in [-0.2, -0.15) is 9.97 Å². The van der Waals surface area contributed by atoms with Gasteiger partial charge in [0, 0.05) is 54.6 Å². The molecule has 5 aliphatic heterocycles. The number of phosphoric ester groups is 4. The van der Waals surface area contributed by atoms with Crippen LogP contribution in [-0.2, 0) is 87.2 Å². The van der Waals surface area contributed by atoms with Gasteiger partial charge in [-0.05, 0) is 13.0 Å². The lowest BCUT2D eigenvalue weighted by atomic mass is 10.2. The molecule has 556 valence electrons. The van der Waals surface area contributed by atoms with Crippen LogP contribution in [0.1, 0.15) is 68.8 Å². The lowest BCUT2D eigenvalue weighted by molar-refractivity contribution is -0.0632. The maximum Gasteiger partial charge on any atom is 0.694 e. The van der Waals surface area contributed by atoms with Crippen molar-refractivity contribution in [2.24, 2.45) is 0 Å². The minimum Gasteiger partial charge on any atom is -0.390 e. The predicted molar refractivity (Wildman–Crippen MR) is 338 cm³/mol. The van der Waals surface area contributed by atoms with E-state index in [1.54, 1.807) is 0 Å². The topological polar surface area (TPSA) is 681 Å². The zero-order chi connectivity index (χ0) is 73.2. The van der Waals surface area contributed by atoms with Gasteiger partial charge in [-0.3, -0.25) is 78.6 Å². The molecular weight excluding hydrogens is 1490 g/mol. The van der Waals surface area contributed by atoms with Gasteiger partial charge in [0.2, 0.25) is 5.95 Å². The second-order valence-corrected chi connectivity index (χ2v) is 29.9. The molecule has 103 heavy (non-hydrogen) atoms. The number of nitrogens with one attached hydrogen (secondary N) is 2. The van der Waals surface area contributed by atoms with Crippen LogP contribution in [0.3, 0.4) is 0 Å². The highest BCUT2D eigenvalue weighted by Gasteiger charge is 2.50. The number of nitrogen functional groups attached to an aromatic ring is 4. The molecule has 0 saturated carbocycles. The Morgan fingerprint density at radius 1 is 0.524 bits per heavy atom. The lowest BCUT2D eigenvalue weighted by Gasteiger charge is -2.25. The van der Waals surface area contributed by atoms with Crippen molar-refractivity contribution >= 4 is 96.4 Å². The smallest absolute Gasteiger partial charge is 0.390 e. The Morgan fingerprint density at radius 3 is 1.39 bits per heavy atom. The van der Waals surface area contributed by atoms with E-state index < -0.39 is 207 Å². The van der Waals surface area contributed by atoms with E-state index in [0.29, 0.717) is 0 Å². The number of nitrogens with zero attached hydrogens (tertiary/aromatic N) is 14. The minimum absolute atomic E-state index is 0.0248. The first-order chi connectivity index (χ1) is 48.8. The van der Waals surface area contributed by atoms with Crippen molar-refractivity contribution in [2.75, 3.05) is 56.0 Å². The number of nitrogens with two attached hydrogens (primary N) is 4. The van der Waals surface area contributed by atoms with E-state index >= 15 is 0 Å². The van der Waals surface area contributed by atoms with Crippen molar-refractivity contribution in [2.45, 2.75) is 131 Å². The van der Waals surface area contributed by atoms with Gasteiger partial charge in [-0.25, -0.2) is 62.7 Å². The van der Waals surface area contributed by atoms with Crippen LogP contribution in [0.4, 0.5) is 23.4 Å². The fraction of sp³-hybridized carbons (Fsp3) is 0.531. The van der Waals surface area contributed by atoms with E-state index in [2.05, 4.69) is 54.8 Å². The summed E-state index contributed by atoms with van der Waals surface area (Å²) in [5, 5.41) is 10.8. The second kappa shape index (κ2) is 29.4. The number of aliphatic hydroxyl groups excluding tert-OH is 1. The van der Waals surface area contributed by atoms with Crippen LogP contribution in [0.15, 0.2) is 69.3 Å². The summed E-state index contributed by atoms with van der Waals surface area (Å²) in [5.41, 5.74) is 20.5. The highest BCUT2D eigenvalue weighted by molar-refractivity contribution is 7.48. The van der Waals surface area contributed by atoms with Crippen LogP contribution < -0.4 is 45.4 Å². The Balaban J connectivity index is 0.715. The molecule has 13 rings (SSSR count). The molecule has 5 saturated heterocycles. The molecule has 13 heterocycles. The molecule has 5 unspecified atom stereocenters. The first kappa shape index (κ1) is 73.7. The van der Waals surface area contributed by atoms with Crippen molar-refractivity contribution in [3.8, 4) is 0 Å². The molecule has 0 bridgehead atoms. The van der Waals surface area contributed by atoms with Gasteiger partial charge in [-0.1, -0.05) is 0 Å². The molecule has 0 radical (unpaired) electrons. The van der Waals surface area contributed by atoms with Gasteiger partial charge in [-0.15, -0.1) is 9.42 Å². The summed E-state index contributed by atoms with van der Waals surface area (Å²) >= 11 is 0. The summed E-state index contributed by atoms with van der Waals surface area (Å²) < 4.78 is 153. The Kier molecular flexibility index (Phi) is 21.0. The maximum atomic E-state index is 14.3. The SMILES string of the molecule is Cc1cn([C@H]2C[C@H](OP(=O)(O)OC[C@H]3O[C@@H](n4cnc5c(N)ncnc54)C[C@@H]3OP(=O)(O)OC[C@H]3O[C@@H](n4cnc5c(=O)[nH]c(N)nc54)C[C@@H]3OP(=O)(O)OC[C@H]3O[C@@H](n4cnc5c(N)ncnc54)C[C@@H]3OP(=O)(O)OC[C@H]3O[C@@H](n4ccc(N)nc4=O)C[C@@H]3O)[C@@H](CO[P+](=O)O)O2)c(=O)[nH]c1=O. The molecule has 0 aromatic carbocycles. The van der Waals surface area contributed by atoms with Crippen LogP contribution in [0, 0.1) is 6.92 Å². The van der Waals surface area contributed by atoms with Crippen molar-refractivity contribution in [1.29, 1.82) is 0 Å². The summed E-state index contributed by atoms with van der Waals surface area (Å²) in [6.45, 7) is -3.12. The number of H-pyrrole nitrogens is 2. The van der Waals surface area contributed by atoms with Crippen LogP contribution in [0.5, 0.6) is 0 Å². The van der Waals surface area contributed by atoms with E-state index in [1.807, 2.05) is 0 Å². The fourth-order valence-electron chi connectivity index (χ4n) is 11.9. The van der Waals surface area contributed by atoms with E-state index in [-0.39, 0.29) is 75.3 Å². The third-order valence-corrected chi connectivity index (χ3v) is 21.2. The third-order valence-electron chi connectivity index (χ3n) is 16.7. The Morgan fingerprint density at radius 2 is 0.932 bits per heavy atom. The molecule has 5 aliphatic rings. The average molecular weight is 1550 g/mol. The molecule has 8 aromatic rings. The summed E-state index contributed by atoms with van der Waals surface area (Å²) in [6, 6.07) is 1.32.